The Morgan fingerprint density at radius 1 is 1.19 bits per heavy atom. The maximum absolute atomic E-state index is 14.6. The fraction of sp³-hybridized carbons (Fsp3) is 0.520. The monoisotopic (exact) mass is 528 g/mol. The fourth-order valence-corrected chi connectivity index (χ4v) is 5.51. The summed E-state index contributed by atoms with van der Waals surface area (Å²) in [5, 5.41) is 5.66. The second-order valence-electron chi connectivity index (χ2n) is 10.3. The summed E-state index contributed by atoms with van der Waals surface area (Å²) in [6, 6.07) is 1.31. The van der Waals surface area contributed by atoms with Crippen LogP contribution in [0.1, 0.15) is 53.3 Å². The van der Waals surface area contributed by atoms with Crippen LogP contribution in [0.25, 0.3) is 0 Å². The summed E-state index contributed by atoms with van der Waals surface area (Å²) >= 11 is 0. The molecule has 1 aliphatic heterocycles. The molecule has 2 saturated carbocycles. The molecule has 0 radical (unpaired) electrons. The van der Waals surface area contributed by atoms with E-state index in [9.17, 15) is 35.9 Å². The van der Waals surface area contributed by atoms with Crippen molar-refractivity contribution < 1.29 is 31.1 Å². The Balaban J connectivity index is 1.45. The molecule has 3 aliphatic rings. The standard InChI is InChI=1S/C25H26F6N4O2/c1-12(13-4-3-5-17(21(13)26)25(29,30)31)32-23(37)16-11-35(19-6-7-24(19,27)28)20(36)8-18(16)33-22-14-9-34(2)10-15(14)22/h3-5,8,11-12,14-15,19,22,33H,6-7,9-10H2,1-2H3,(H,32,37)/t12-,14-,15+,19+,22?/m1/s1. The van der Waals surface area contributed by atoms with Crippen LogP contribution in [0, 0.1) is 17.7 Å². The van der Waals surface area contributed by atoms with Crippen LogP contribution in [0.4, 0.5) is 32.0 Å². The van der Waals surface area contributed by atoms with Gasteiger partial charge in [-0.1, -0.05) is 12.1 Å². The summed E-state index contributed by atoms with van der Waals surface area (Å²) < 4.78 is 83.1. The third-order valence-electron chi connectivity index (χ3n) is 7.75. The number of halogens is 6. The number of amides is 1. The van der Waals surface area contributed by atoms with Crippen molar-refractivity contribution in [3.8, 4) is 0 Å². The number of anilines is 1. The van der Waals surface area contributed by atoms with Gasteiger partial charge in [-0.3, -0.25) is 9.59 Å². The average Bonchev–Trinajstić information content (AvgIpc) is 3.23. The van der Waals surface area contributed by atoms with Crippen LogP contribution >= 0.6 is 0 Å². The lowest BCUT2D eigenvalue weighted by atomic mass is 9.87. The molecule has 1 aromatic heterocycles. The normalized spacial score (nSPS) is 27.2. The molecule has 2 heterocycles. The zero-order chi connectivity index (χ0) is 26.9. The predicted molar refractivity (Wildman–Crippen MR) is 123 cm³/mol. The fourth-order valence-electron chi connectivity index (χ4n) is 5.51. The maximum Gasteiger partial charge on any atom is 0.419 e. The third kappa shape index (κ3) is 4.60. The van der Waals surface area contributed by atoms with E-state index in [1.165, 1.54) is 6.92 Å². The lowest BCUT2D eigenvalue weighted by Crippen LogP contribution is -2.45. The van der Waals surface area contributed by atoms with Gasteiger partial charge in [0.25, 0.3) is 17.4 Å². The van der Waals surface area contributed by atoms with E-state index in [1.54, 1.807) is 0 Å². The number of carbonyl (C=O) groups excluding carboxylic acids is 1. The number of hydrogen-bond donors (Lipinski definition) is 2. The molecule has 1 amide bonds. The van der Waals surface area contributed by atoms with Gasteiger partial charge in [-0.05, 0) is 38.3 Å². The maximum atomic E-state index is 14.6. The molecule has 5 atom stereocenters. The summed E-state index contributed by atoms with van der Waals surface area (Å²) in [6.45, 7) is 2.99. The van der Waals surface area contributed by atoms with Crippen molar-refractivity contribution in [2.45, 2.75) is 50.0 Å². The van der Waals surface area contributed by atoms with Crippen LogP contribution in [0.2, 0.25) is 0 Å². The van der Waals surface area contributed by atoms with Crippen molar-refractivity contribution in [2.24, 2.45) is 11.8 Å². The van der Waals surface area contributed by atoms with Crippen LogP contribution in [-0.4, -0.2) is 47.5 Å². The van der Waals surface area contributed by atoms with Gasteiger partial charge in [-0.25, -0.2) is 13.2 Å². The van der Waals surface area contributed by atoms with Crippen LogP contribution in [0.3, 0.4) is 0 Å². The first-order valence-electron chi connectivity index (χ1n) is 12.0. The molecule has 0 bridgehead atoms. The molecule has 37 heavy (non-hydrogen) atoms. The number of aromatic nitrogens is 1. The van der Waals surface area contributed by atoms with E-state index in [1.807, 2.05) is 7.05 Å². The smallest absolute Gasteiger partial charge is 0.381 e. The summed E-state index contributed by atoms with van der Waals surface area (Å²) in [7, 11) is 1.98. The summed E-state index contributed by atoms with van der Waals surface area (Å²) in [4.78, 5) is 28.2. The number of nitrogens with one attached hydrogen (secondary N) is 2. The number of alkyl halides is 5. The highest BCUT2D eigenvalue weighted by Crippen LogP contribution is 2.48. The number of pyridine rings is 1. The Hall–Kier alpha value is -3.02. The molecule has 2 aromatic rings. The largest absolute Gasteiger partial charge is 0.419 e. The zero-order valence-corrected chi connectivity index (χ0v) is 20.1. The second kappa shape index (κ2) is 8.78. The number of carbonyl (C=O) groups is 1. The van der Waals surface area contributed by atoms with Gasteiger partial charge in [0.15, 0.2) is 0 Å². The molecule has 2 aliphatic carbocycles. The molecular weight excluding hydrogens is 502 g/mol. The van der Waals surface area contributed by atoms with Crippen LogP contribution in [-0.2, 0) is 6.18 Å². The van der Waals surface area contributed by atoms with Gasteiger partial charge in [0.05, 0.1) is 22.9 Å². The molecule has 5 rings (SSSR count). The lowest BCUT2D eigenvalue weighted by molar-refractivity contribution is -0.140. The lowest BCUT2D eigenvalue weighted by Gasteiger charge is -2.37. The van der Waals surface area contributed by atoms with Crippen LogP contribution < -0.4 is 16.2 Å². The van der Waals surface area contributed by atoms with Crippen LogP contribution in [0.15, 0.2) is 35.3 Å². The van der Waals surface area contributed by atoms with Gasteiger partial charge in [0.2, 0.25) is 0 Å². The minimum Gasteiger partial charge on any atom is -0.381 e. The summed E-state index contributed by atoms with van der Waals surface area (Å²) in [5.41, 5.74) is -2.49. The Labute approximate surface area is 208 Å². The highest BCUT2D eigenvalue weighted by molar-refractivity contribution is 5.99. The Bertz CT molecular complexity index is 1280. The van der Waals surface area contributed by atoms with Crippen molar-refractivity contribution >= 4 is 11.6 Å². The molecule has 2 N–H and O–H groups in total. The SMILES string of the molecule is C[C@@H](NC(=O)c1cn([C@H]2CCC2(F)F)c(=O)cc1NC1[C@H]2CN(C)C[C@@H]12)c1cccc(C(F)(F)F)c1F. The van der Waals surface area contributed by atoms with E-state index >= 15 is 0 Å². The van der Waals surface area contributed by atoms with Crippen molar-refractivity contribution in [1.82, 2.24) is 14.8 Å². The minimum atomic E-state index is -4.92. The van der Waals surface area contributed by atoms with Crippen molar-refractivity contribution in [3.05, 3.63) is 63.3 Å². The number of hydrogen-bond acceptors (Lipinski definition) is 4. The number of nitrogens with zero attached hydrogens (tertiary/aromatic N) is 2. The van der Waals surface area contributed by atoms with Crippen molar-refractivity contribution in [3.63, 3.8) is 0 Å². The molecule has 1 unspecified atom stereocenters. The zero-order valence-electron chi connectivity index (χ0n) is 20.1. The molecule has 3 fully saturated rings. The predicted octanol–water partition coefficient (Wildman–Crippen LogP) is 4.44. The van der Waals surface area contributed by atoms with E-state index in [0.29, 0.717) is 17.9 Å². The number of likely N-dealkylation sites (tertiary alicyclic amines) is 1. The van der Waals surface area contributed by atoms with E-state index in [-0.39, 0.29) is 35.7 Å². The van der Waals surface area contributed by atoms with Gasteiger partial charge in [-0.2, -0.15) is 13.2 Å². The van der Waals surface area contributed by atoms with E-state index < -0.39 is 47.0 Å². The van der Waals surface area contributed by atoms with E-state index in [4.69, 9.17) is 0 Å². The Morgan fingerprint density at radius 3 is 2.43 bits per heavy atom. The van der Waals surface area contributed by atoms with E-state index in [0.717, 1.165) is 42.1 Å². The third-order valence-corrected chi connectivity index (χ3v) is 7.75. The molecule has 200 valence electrons. The quantitative estimate of drug-likeness (QED) is 0.545. The molecule has 12 heteroatoms. The highest BCUT2D eigenvalue weighted by Gasteiger charge is 2.55. The van der Waals surface area contributed by atoms with Gasteiger partial charge < -0.3 is 20.1 Å². The molecule has 1 aromatic carbocycles. The molecule has 1 saturated heterocycles. The van der Waals surface area contributed by atoms with Gasteiger partial charge >= 0.3 is 6.18 Å². The topological polar surface area (TPSA) is 66.4 Å². The number of piperidine rings is 1. The molecular formula is C25H26F6N4O2. The Kier molecular flexibility index (Phi) is 6.08. The van der Waals surface area contributed by atoms with Gasteiger partial charge in [-0.15, -0.1) is 0 Å². The van der Waals surface area contributed by atoms with E-state index in [2.05, 4.69) is 15.5 Å². The first-order chi connectivity index (χ1) is 17.3. The highest BCUT2D eigenvalue weighted by atomic mass is 19.4. The number of benzene rings is 1. The number of fused-ring (bicyclic) bond motifs is 1. The first kappa shape index (κ1) is 25.6. The number of rotatable bonds is 6. The molecule has 6 nitrogen and oxygen atoms in total. The van der Waals surface area contributed by atoms with Gasteiger partial charge in [0.1, 0.15) is 11.9 Å². The van der Waals surface area contributed by atoms with Crippen molar-refractivity contribution in [1.29, 1.82) is 0 Å². The second-order valence-corrected chi connectivity index (χ2v) is 10.3. The van der Waals surface area contributed by atoms with Crippen LogP contribution in [0.5, 0.6) is 0 Å². The summed E-state index contributed by atoms with van der Waals surface area (Å²) in [6.07, 6.45) is -4.17. The molecule has 0 spiro atoms. The minimum absolute atomic E-state index is 0.00137. The van der Waals surface area contributed by atoms with Gasteiger partial charge in [0, 0.05) is 43.4 Å². The first-order valence-corrected chi connectivity index (χ1v) is 12.0. The summed E-state index contributed by atoms with van der Waals surface area (Å²) in [5.74, 6) is -4.80. The van der Waals surface area contributed by atoms with Crippen molar-refractivity contribution in [2.75, 3.05) is 25.5 Å². The Morgan fingerprint density at radius 2 is 1.86 bits per heavy atom. The average molecular weight is 528 g/mol.